The molecule has 0 aliphatic carbocycles. The minimum atomic E-state index is -0.0374. The van der Waals surface area contributed by atoms with Crippen molar-refractivity contribution in [2.45, 2.75) is 13.0 Å². The van der Waals surface area contributed by atoms with Gasteiger partial charge in [0.05, 0.1) is 23.9 Å². The Morgan fingerprint density at radius 1 is 1.24 bits per heavy atom. The smallest absolute Gasteiger partial charge is 0.281 e. The molecule has 4 rings (SSSR count). The van der Waals surface area contributed by atoms with E-state index in [1.165, 1.54) is 23.1 Å². The molecular formula is C21H21N3O3S2. The molecule has 2 aromatic carbocycles. The fourth-order valence-electron chi connectivity index (χ4n) is 3.16. The topological polar surface area (TPSA) is 62.7 Å². The van der Waals surface area contributed by atoms with E-state index in [-0.39, 0.29) is 17.6 Å². The highest BCUT2D eigenvalue weighted by atomic mass is 32.2. The highest BCUT2D eigenvalue weighted by Gasteiger charge is 2.25. The Labute approximate surface area is 177 Å². The van der Waals surface area contributed by atoms with Crippen molar-refractivity contribution in [2.75, 3.05) is 30.9 Å². The quantitative estimate of drug-likeness (QED) is 0.559. The Hall–Kier alpha value is -2.58. The van der Waals surface area contributed by atoms with E-state index in [1.54, 1.807) is 16.9 Å². The van der Waals surface area contributed by atoms with Gasteiger partial charge in [-0.2, -0.15) is 0 Å². The fourth-order valence-corrected chi connectivity index (χ4v) is 5.02. The molecule has 1 fully saturated rings. The maximum atomic E-state index is 13.1. The molecule has 2 amide bonds. The van der Waals surface area contributed by atoms with Gasteiger partial charge in [-0.15, -0.1) is 0 Å². The van der Waals surface area contributed by atoms with Crippen LogP contribution in [-0.4, -0.2) is 47.0 Å². The molecule has 0 bridgehead atoms. The molecule has 0 saturated carbocycles. The average Bonchev–Trinajstić information content (AvgIpc) is 3.36. The predicted octanol–water partition coefficient (Wildman–Crippen LogP) is 4.40. The van der Waals surface area contributed by atoms with Crippen LogP contribution in [0.1, 0.15) is 12.0 Å². The summed E-state index contributed by atoms with van der Waals surface area (Å²) in [4.78, 5) is 33.1. The second-order valence-corrected chi connectivity index (χ2v) is 8.70. The molecule has 8 heteroatoms. The van der Waals surface area contributed by atoms with Gasteiger partial charge >= 0.3 is 0 Å². The summed E-state index contributed by atoms with van der Waals surface area (Å²) in [7, 11) is 1.63. The van der Waals surface area contributed by atoms with Crippen molar-refractivity contribution in [3.63, 3.8) is 0 Å². The van der Waals surface area contributed by atoms with E-state index in [2.05, 4.69) is 4.98 Å². The SMILES string of the molecule is COc1ccc2nc(N(Cc3ccccc3)C(=O)CCN3CCSC3=O)sc2c1. The lowest BCUT2D eigenvalue weighted by Gasteiger charge is -2.22. The molecule has 1 aromatic heterocycles. The van der Waals surface area contributed by atoms with Gasteiger partial charge in [0.15, 0.2) is 5.13 Å². The van der Waals surface area contributed by atoms with Crippen LogP contribution in [0.3, 0.4) is 0 Å². The number of thioether (sulfide) groups is 1. The number of benzene rings is 2. The highest BCUT2D eigenvalue weighted by molar-refractivity contribution is 8.13. The number of hydrogen-bond donors (Lipinski definition) is 0. The summed E-state index contributed by atoms with van der Waals surface area (Å²) in [6.07, 6.45) is 0.276. The second-order valence-electron chi connectivity index (χ2n) is 6.65. The van der Waals surface area contributed by atoms with Crippen molar-refractivity contribution in [3.8, 4) is 5.75 Å². The fraction of sp³-hybridized carbons (Fsp3) is 0.286. The average molecular weight is 428 g/mol. The zero-order chi connectivity index (χ0) is 20.2. The lowest BCUT2D eigenvalue weighted by molar-refractivity contribution is -0.118. The highest BCUT2D eigenvalue weighted by Crippen LogP contribution is 2.32. The van der Waals surface area contributed by atoms with Gasteiger partial charge in [-0.05, 0) is 23.8 Å². The minimum Gasteiger partial charge on any atom is -0.497 e. The van der Waals surface area contributed by atoms with Crippen LogP contribution >= 0.6 is 23.1 Å². The van der Waals surface area contributed by atoms with E-state index in [9.17, 15) is 9.59 Å². The van der Waals surface area contributed by atoms with Crippen molar-refractivity contribution in [3.05, 3.63) is 54.1 Å². The third-order valence-electron chi connectivity index (χ3n) is 4.74. The van der Waals surface area contributed by atoms with Crippen LogP contribution in [0.4, 0.5) is 9.93 Å². The van der Waals surface area contributed by atoms with Crippen molar-refractivity contribution >= 4 is 49.6 Å². The molecule has 2 heterocycles. The van der Waals surface area contributed by atoms with Gasteiger partial charge in [-0.1, -0.05) is 53.4 Å². The number of carbonyl (C=O) groups excluding carboxylic acids is 2. The molecule has 0 atom stereocenters. The second kappa shape index (κ2) is 8.84. The Morgan fingerprint density at radius 2 is 2.07 bits per heavy atom. The van der Waals surface area contributed by atoms with Gasteiger partial charge in [0.2, 0.25) is 5.91 Å². The first-order chi connectivity index (χ1) is 14.1. The normalized spacial score (nSPS) is 13.8. The van der Waals surface area contributed by atoms with Gasteiger partial charge in [0.25, 0.3) is 5.24 Å². The largest absolute Gasteiger partial charge is 0.497 e. The molecule has 0 spiro atoms. The van der Waals surface area contributed by atoms with Gasteiger partial charge in [-0.25, -0.2) is 4.98 Å². The van der Waals surface area contributed by atoms with E-state index < -0.39 is 0 Å². The number of methoxy groups -OCH3 is 1. The van der Waals surface area contributed by atoms with E-state index in [0.717, 1.165) is 27.3 Å². The molecule has 1 saturated heterocycles. The van der Waals surface area contributed by atoms with Crippen LogP contribution in [0.25, 0.3) is 10.2 Å². The summed E-state index contributed by atoms with van der Waals surface area (Å²) in [6, 6.07) is 15.6. The summed E-state index contributed by atoms with van der Waals surface area (Å²) in [5, 5.41) is 0.712. The number of amides is 2. The van der Waals surface area contributed by atoms with Crippen LogP contribution in [0.15, 0.2) is 48.5 Å². The Bertz CT molecular complexity index is 1020. The number of anilines is 1. The van der Waals surface area contributed by atoms with Crippen LogP contribution in [0.5, 0.6) is 5.75 Å². The Balaban J connectivity index is 1.59. The van der Waals surface area contributed by atoms with Crippen molar-refractivity contribution in [1.82, 2.24) is 9.88 Å². The first kappa shape index (κ1) is 19.7. The van der Waals surface area contributed by atoms with Crippen molar-refractivity contribution in [2.24, 2.45) is 0 Å². The number of ether oxygens (including phenoxy) is 1. The lowest BCUT2D eigenvalue weighted by atomic mass is 10.2. The molecule has 1 aliphatic heterocycles. The molecular weight excluding hydrogens is 406 g/mol. The molecule has 0 unspecified atom stereocenters. The summed E-state index contributed by atoms with van der Waals surface area (Å²) in [5.41, 5.74) is 1.87. The molecule has 29 heavy (non-hydrogen) atoms. The molecule has 3 aromatic rings. The monoisotopic (exact) mass is 427 g/mol. The summed E-state index contributed by atoms with van der Waals surface area (Å²) >= 11 is 2.78. The van der Waals surface area contributed by atoms with Crippen LogP contribution in [0.2, 0.25) is 0 Å². The zero-order valence-corrected chi connectivity index (χ0v) is 17.7. The van der Waals surface area contributed by atoms with Crippen LogP contribution < -0.4 is 9.64 Å². The van der Waals surface area contributed by atoms with Crippen molar-refractivity contribution < 1.29 is 14.3 Å². The predicted molar refractivity (Wildman–Crippen MR) is 118 cm³/mol. The lowest BCUT2D eigenvalue weighted by Crippen LogP contribution is -2.34. The number of hydrogen-bond acceptors (Lipinski definition) is 6. The molecule has 150 valence electrons. The number of fused-ring (bicyclic) bond motifs is 1. The summed E-state index contributed by atoms with van der Waals surface area (Å²) in [5.74, 6) is 1.52. The van der Waals surface area contributed by atoms with Crippen LogP contribution in [-0.2, 0) is 11.3 Å². The van der Waals surface area contributed by atoms with Gasteiger partial charge < -0.3 is 9.64 Å². The van der Waals surface area contributed by atoms with E-state index in [0.29, 0.717) is 24.8 Å². The third kappa shape index (κ3) is 4.54. The van der Waals surface area contributed by atoms with E-state index in [4.69, 9.17) is 4.74 Å². The van der Waals surface area contributed by atoms with Gasteiger partial charge in [0.1, 0.15) is 5.75 Å². The Morgan fingerprint density at radius 3 is 2.79 bits per heavy atom. The summed E-state index contributed by atoms with van der Waals surface area (Å²) in [6.45, 7) is 1.59. The Kier molecular flexibility index (Phi) is 6.01. The number of aromatic nitrogens is 1. The maximum Gasteiger partial charge on any atom is 0.281 e. The van der Waals surface area contributed by atoms with E-state index >= 15 is 0 Å². The summed E-state index contributed by atoms with van der Waals surface area (Å²) < 4.78 is 6.27. The number of nitrogens with zero attached hydrogens (tertiary/aromatic N) is 3. The standard InChI is InChI=1S/C21H21N3O3S2/c1-27-16-7-8-17-18(13-16)29-20(22-17)24(14-15-5-3-2-4-6-15)19(25)9-10-23-11-12-28-21(23)26/h2-8,13H,9-12,14H2,1H3. The molecule has 6 nitrogen and oxygen atoms in total. The van der Waals surface area contributed by atoms with Crippen molar-refractivity contribution in [1.29, 1.82) is 0 Å². The number of thiazole rings is 1. The number of rotatable bonds is 7. The zero-order valence-electron chi connectivity index (χ0n) is 16.0. The molecule has 0 radical (unpaired) electrons. The molecule has 1 aliphatic rings. The minimum absolute atomic E-state index is 0.0374. The first-order valence-corrected chi connectivity index (χ1v) is 11.1. The third-order valence-corrected chi connectivity index (χ3v) is 6.67. The van der Waals surface area contributed by atoms with Gasteiger partial charge in [-0.3, -0.25) is 14.5 Å². The van der Waals surface area contributed by atoms with Gasteiger partial charge in [0, 0.05) is 25.3 Å². The maximum absolute atomic E-state index is 13.1. The number of carbonyl (C=O) groups is 2. The van der Waals surface area contributed by atoms with E-state index in [1.807, 2.05) is 48.5 Å². The first-order valence-electron chi connectivity index (χ1n) is 9.34. The van der Waals surface area contributed by atoms with Crippen LogP contribution in [0, 0.1) is 0 Å². The molecule has 0 N–H and O–H groups in total.